The van der Waals surface area contributed by atoms with E-state index in [4.69, 9.17) is 14.7 Å². The lowest BCUT2D eigenvalue weighted by atomic mass is 10.1. The van der Waals surface area contributed by atoms with Gasteiger partial charge >= 0.3 is 18.2 Å². The molecule has 0 aromatic rings. The lowest BCUT2D eigenvalue weighted by Crippen LogP contribution is -2.43. The Hall–Kier alpha value is -1.50. The van der Waals surface area contributed by atoms with Crippen LogP contribution in [0.25, 0.3) is 0 Å². The van der Waals surface area contributed by atoms with Gasteiger partial charge in [-0.05, 0) is 56.7 Å². The van der Waals surface area contributed by atoms with Gasteiger partial charge in [-0.15, -0.1) is 0 Å². The molecule has 1 N–H and O–H groups in total. The van der Waals surface area contributed by atoms with Crippen molar-refractivity contribution in [2.45, 2.75) is 71.7 Å². The van der Waals surface area contributed by atoms with Crippen molar-refractivity contribution in [1.29, 1.82) is 5.53 Å². The van der Waals surface area contributed by atoms with E-state index < -0.39 is 14.3 Å². The number of nitrogens with one attached hydrogen (secondary N) is 1. The Morgan fingerprint density at radius 2 is 1.63 bits per heavy atom. The van der Waals surface area contributed by atoms with Crippen molar-refractivity contribution in [2.75, 3.05) is 13.2 Å². The molecule has 2 unspecified atom stereocenters. The van der Waals surface area contributed by atoms with Crippen LogP contribution in [-0.4, -0.2) is 50.6 Å². The van der Waals surface area contributed by atoms with Crippen LogP contribution in [0.5, 0.6) is 0 Å². The number of esters is 2. The molecule has 2 rings (SSSR count). The van der Waals surface area contributed by atoms with Gasteiger partial charge in [0.15, 0.2) is 8.32 Å². The molecule has 0 aromatic heterocycles. The SMILES string of the molecule is CCOC(=O)C1C2CC(O[Si](C)(C)C(C)(C)C)CC21.CCOC(=O)C=[N+]=N. The van der Waals surface area contributed by atoms with E-state index in [1.807, 2.05) is 6.92 Å². The lowest BCUT2D eigenvalue weighted by molar-refractivity contribution is -0.148. The van der Waals surface area contributed by atoms with Crippen molar-refractivity contribution in [1.82, 2.24) is 0 Å². The second-order valence-corrected chi connectivity index (χ2v) is 13.3. The highest BCUT2D eigenvalue weighted by molar-refractivity contribution is 6.74. The van der Waals surface area contributed by atoms with Crippen molar-refractivity contribution < 1.29 is 28.3 Å². The summed E-state index contributed by atoms with van der Waals surface area (Å²) in [6, 6.07) is 0. The van der Waals surface area contributed by atoms with Crippen LogP contribution in [0.4, 0.5) is 0 Å². The van der Waals surface area contributed by atoms with Crippen LogP contribution in [0, 0.1) is 23.3 Å². The van der Waals surface area contributed by atoms with Gasteiger partial charge in [0.1, 0.15) is 0 Å². The third kappa shape index (κ3) is 6.55. The van der Waals surface area contributed by atoms with Crippen molar-refractivity contribution in [3.63, 3.8) is 0 Å². The first-order valence-electron chi connectivity index (χ1n) is 9.69. The van der Waals surface area contributed by atoms with Crippen LogP contribution in [0.15, 0.2) is 0 Å². The first-order valence-corrected chi connectivity index (χ1v) is 12.6. The predicted octanol–water partition coefficient (Wildman–Crippen LogP) is 3.46. The molecule has 2 atom stereocenters. The van der Waals surface area contributed by atoms with Gasteiger partial charge in [0.25, 0.3) is 0 Å². The molecule has 0 amide bonds. The fraction of sp³-hybridized carbons (Fsp3) is 0.842. The fourth-order valence-corrected chi connectivity index (χ4v) is 4.68. The highest BCUT2D eigenvalue weighted by Gasteiger charge is 2.61. The Morgan fingerprint density at radius 3 is 2.04 bits per heavy atom. The highest BCUT2D eigenvalue weighted by Crippen LogP contribution is 2.59. The first kappa shape index (κ1) is 23.5. The Kier molecular flexibility index (Phi) is 8.39. The number of ether oxygens (including phenoxy) is 2. The van der Waals surface area contributed by atoms with E-state index in [9.17, 15) is 9.59 Å². The maximum Gasteiger partial charge on any atom is 0.418 e. The Morgan fingerprint density at radius 1 is 1.11 bits per heavy atom. The second-order valence-electron chi connectivity index (χ2n) is 8.59. The maximum atomic E-state index is 11.7. The quantitative estimate of drug-likeness (QED) is 0.242. The van der Waals surface area contributed by atoms with Crippen LogP contribution in [0.3, 0.4) is 0 Å². The topological polar surface area (TPSA) is 99.8 Å². The molecule has 0 radical (unpaired) electrons. The zero-order chi connectivity index (χ0) is 20.8. The maximum absolute atomic E-state index is 11.7. The minimum absolute atomic E-state index is 0.0169. The average molecular weight is 400 g/mol. The van der Waals surface area contributed by atoms with Gasteiger partial charge < -0.3 is 13.9 Å². The standard InChI is InChI=1S/C15H28O3Si.C4H7N2O2/c1-7-17-14(16)13-11-8-10(9-12(11)13)18-19(5,6)15(2,3)4;1-2-8-4(7)3-6-5/h10-13H,7-9H2,1-6H3;3,5H,2H2,1H3/q;+1. The van der Waals surface area contributed by atoms with Crippen LogP contribution in [-0.2, 0) is 23.5 Å². The van der Waals surface area contributed by atoms with E-state index in [0.717, 1.165) is 19.1 Å². The van der Waals surface area contributed by atoms with Crippen molar-refractivity contribution >= 4 is 26.5 Å². The van der Waals surface area contributed by atoms with Gasteiger partial charge in [-0.3, -0.25) is 4.79 Å². The molecule has 0 spiro atoms. The Labute approximate surface area is 163 Å². The molecule has 0 heterocycles. The normalized spacial score (nSPS) is 26.0. The number of hydrogen-bond acceptors (Lipinski definition) is 6. The molecule has 27 heavy (non-hydrogen) atoms. The summed E-state index contributed by atoms with van der Waals surface area (Å²) >= 11 is 0. The van der Waals surface area contributed by atoms with E-state index in [2.05, 4.69) is 43.4 Å². The largest absolute Gasteiger partial charge is 0.466 e. The summed E-state index contributed by atoms with van der Waals surface area (Å²) in [7, 11) is -1.66. The van der Waals surface area contributed by atoms with Gasteiger partial charge in [-0.2, -0.15) is 0 Å². The summed E-state index contributed by atoms with van der Waals surface area (Å²) in [6.07, 6.45) is 3.30. The summed E-state index contributed by atoms with van der Waals surface area (Å²) in [5.41, 5.74) is 6.18. The molecule has 0 saturated heterocycles. The highest BCUT2D eigenvalue weighted by atomic mass is 28.4. The Balaban J connectivity index is 0.000000387. The molecule has 0 bridgehead atoms. The number of carbonyl (C=O) groups excluding carboxylic acids is 2. The molecule has 0 aliphatic heterocycles. The molecule has 8 heteroatoms. The summed E-state index contributed by atoms with van der Waals surface area (Å²) in [5, 5.41) is 0.264. The van der Waals surface area contributed by atoms with Crippen LogP contribution < -0.4 is 0 Å². The smallest absolute Gasteiger partial charge is 0.418 e. The van der Waals surface area contributed by atoms with Gasteiger partial charge in [0.05, 0.1) is 29.5 Å². The first-order chi connectivity index (χ1) is 12.5. The fourth-order valence-electron chi connectivity index (χ4n) is 3.30. The van der Waals surface area contributed by atoms with E-state index in [1.54, 1.807) is 6.92 Å². The number of rotatable bonds is 6. The van der Waals surface area contributed by atoms with Gasteiger partial charge in [-0.1, -0.05) is 20.8 Å². The monoisotopic (exact) mass is 399 g/mol. The number of fused-ring (bicyclic) bond motifs is 1. The van der Waals surface area contributed by atoms with Crippen molar-refractivity contribution in [3.05, 3.63) is 0 Å². The van der Waals surface area contributed by atoms with Gasteiger partial charge in [0, 0.05) is 6.10 Å². The number of carbonyl (C=O) groups is 2. The van der Waals surface area contributed by atoms with Gasteiger partial charge in [-0.25, -0.2) is 4.79 Å². The summed E-state index contributed by atoms with van der Waals surface area (Å²) < 4.78 is 15.9. The summed E-state index contributed by atoms with van der Waals surface area (Å²) in [4.78, 5) is 24.6. The Bertz CT molecular complexity index is 569. The third-order valence-corrected chi connectivity index (χ3v) is 10.2. The van der Waals surface area contributed by atoms with E-state index in [1.165, 1.54) is 0 Å². The molecule has 2 aliphatic carbocycles. The van der Waals surface area contributed by atoms with Crippen LogP contribution in [0.1, 0.15) is 47.5 Å². The van der Waals surface area contributed by atoms with Crippen molar-refractivity contribution in [2.24, 2.45) is 17.8 Å². The zero-order valence-electron chi connectivity index (χ0n) is 17.7. The zero-order valence-corrected chi connectivity index (χ0v) is 18.7. The lowest BCUT2D eigenvalue weighted by Gasteiger charge is -2.39. The van der Waals surface area contributed by atoms with Crippen LogP contribution in [0.2, 0.25) is 18.1 Å². The third-order valence-electron chi connectivity index (χ3n) is 5.68. The molecule has 7 nitrogen and oxygen atoms in total. The number of hydrogen-bond donors (Lipinski definition) is 1. The molecule has 2 fully saturated rings. The van der Waals surface area contributed by atoms with E-state index >= 15 is 0 Å². The molecule has 0 aromatic carbocycles. The average Bonchev–Trinajstić information content (AvgIpc) is 3.04. The molecule has 2 saturated carbocycles. The van der Waals surface area contributed by atoms with E-state index in [0.29, 0.717) is 31.2 Å². The van der Waals surface area contributed by atoms with Gasteiger partial charge in [0.2, 0.25) is 0 Å². The predicted molar refractivity (Wildman–Crippen MR) is 104 cm³/mol. The minimum Gasteiger partial charge on any atom is -0.466 e. The summed E-state index contributed by atoms with van der Waals surface area (Å²) in [6.45, 7) is 15.8. The second kappa shape index (κ2) is 9.62. The van der Waals surface area contributed by atoms with E-state index in [-0.39, 0.29) is 16.9 Å². The minimum atomic E-state index is -1.66. The molecule has 154 valence electrons. The molecular formula is C19H35N2O5Si+. The molecule has 2 aliphatic rings. The van der Waals surface area contributed by atoms with Crippen LogP contribution >= 0.6 is 0 Å². The molecular weight excluding hydrogens is 364 g/mol. The number of nitrogens with zero attached hydrogens (tertiary/aromatic N) is 1. The summed E-state index contributed by atoms with van der Waals surface area (Å²) in [5.74, 6) is 0.702. The van der Waals surface area contributed by atoms with Crippen molar-refractivity contribution in [3.8, 4) is 0 Å².